The van der Waals surface area contributed by atoms with Crippen molar-refractivity contribution in [3.8, 4) is 0 Å². The van der Waals surface area contributed by atoms with Gasteiger partial charge in [-0.2, -0.15) is 0 Å². The Bertz CT molecular complexity index is 335. The molecular formula is C23H46O5. The minimum Gasteiger partial charge on any atom is -0.481 e. The average molecular weight is 403 g/mol. The maximum atomic E-state index is 10.5. The molecule has 0 radical (unpaired) electrons. The summed E-state index contributed by atoms with van der Waals surface area (Å²) in [6.07, 6.45) is 18.0. The summed E-state index contributed by atoms with van der Waals surface area (Å²) in [6.45, 7) is 2.29. The van der Waals surface area contributed by atoms with E-state index in [1.54, 1.807) is 0 Å². The molecule has 0 amide bonds. The van der Waals surface area contributed by atoms with E-state index in [2.05, 4.69) is 6.92 Å². The summed E-state index contributed by atoms with van der Waals surface area (Å²) in [5.74, 6) is -0.855. The lowest BCUT2D eigenvalue weighted by Crippen LogP contribution is -2.32. The number of ether oxygens (including phenoxy) is 1. The highest BCUT2D eigenvalue weighted by molar-refractivity contribution is 5.66. The lowest BCUT2D eigenvalue weighted by Gasteiger charge is -2.21. The average Bonchev–Trinajstić information content (AvgIpc) is 2.68. The Morgan fingerprint density at radius 3 is 1.68 bits per heavy atom. The zero-order valence-corrected chi connectivity index (χ0v) is 18.2. The van der Waals surface area contributed by atoms with Crippen LogP contribution in [-0.2, 0) is 9.53 Å². The SMILES string of the molecule is CCCCCCCCCCCCCCCCC(O)[C@H](CO)OCCCC(=O)O. The molecule has 0 saturated heterocycles. The van der Waals surface area contributed by atoms with Gasteiger partial charge in [0.15, 0.2) is 0 Å². The number of rotatable bonds is 22. The molecule has 3 N–H and O–H groups in total. The summed E-state index contributed by atoms with van der Waals surface area (Å²) in [6, 6.07) is 0. The fraction of sp³-hybridized carbons (Fsp3) is 0.957. The molecule has 0 aromatic rings. The number of hydrogen-bond acceptors (Lipinski definition) is 4. The maximum absolute atomic E-state index is 10.5. The molecule has 0 aliphatic rings. The van der Waals surface area contributed by atoms with Gasteiger partial charge in [-0.05, 0) is 12.8 Å². The van der Waals surface area contributed by atoms with E-state index in [-0.39, 0.29) is 19.6 Å². The van der Waals surface area contributed by atoms with Gasteiger partial charge in [0.2, 0.25) is 0 Å². The monoisotopic (exact) mass is 402 g/mol. The third-order valence-corrected chi connectivity index (χ3v) is 5.33. The molecule has 0 saturated carbocycles. The number of aliphatic carboxylic acids is 1. The molecule has 0 rings (SSSR count). The lowest BCUT2D eigenvalue weighted by molar-refractivity contribution is -0.137. The largest absolute Gasteiger partial charge is 0.481 e. The van der Waals surface area contributed by atoms with Gasteiger partial charge in [0, 0.05) is 13.0 Å². The molecule has 0 aromatic heterocycles. The molecule has 168 valence electrons. The summed E-state index contributed by atoms with van der Waals surface area (Å²) in [4.78, 5) is 10.5. The van der Waals surface area contributed by atoms with Gasteiger partial charge >= 0.3 is 5.97 Å². The standard InChI is InChI=1S/C23H46O5/c1-2-3-4-5-6-7-8-9-10-11-12-13-14-15-17-21(25)22(20-24)28-19-16-18-23(26)27/h21-22,24-25H,2-20H2,1H3,(H,26,27)/t21?,22-/m0/s1. The van der Waals surface area contributed by atoms with E-state index in [0.717, 1.165) is 12.8 Å². The van der Waals surface area contributed by atoms with Crippen LogP contribution in [0.1, 0.15) is 116 Å². The van der Waals surface area contributed by atoms with Crippen LogP contribution in [0.15, 0.2) is 0 Å². The highest BCUT2D eigenvalue weighted by atomic mass is 16.5. The molecule has 1 unspecified atom stereocenters. The first-order valence-electron chi connectivity index (χ1n) is 11.7. The van der Waals surface area contributed by atoms with Gasteiger partial charge in [-0.25, -0.2) is 0 Å². The third-order valence-electron chi connectivity index (χ3n) is 5.33. The highest BCUT2D eigenvalue weighted by Crippen LogP contribution is 2.15. The van der Waals surface area contributed by atoms with E-state index in [4.69, 9.17) is 9.84 Å². The van der Waals surface area contributed by atoms with Crippen molar-refractivity contribution in [1.29, 1.82) is 0 Å². The smallest absolute Gasteiger partial charge is 0.303 e. The molecule has 0 fully saturated rings. The Balaban J connectivity index is 3.40. The number of carboxylic acid groups (broad SMARTS) is 1. The van der Waals surface area contributed by atoms with Crippen LogP contribution in [0.25, 0.3) is 0 Å². The summed E-state index contributed by atoms with van der Waals surface area (Å²) in [5.41, 5.74) is 0. The van der Waals surface area contributed by atoms with Crippen LogP contribution in [0.2, 0.25) is 0 Å². The molecule has 0 bridgehead atoms. The van der Waals surface area contributed by atoms with Crippen molar-refractivity contribution in [2.75, 3.05) is 13.2 Å². The third kappa shape index (κ3) is 18.7. The predicted molar refractivity (Wildman–Crippen MR) is 115 cm³/mol. The van der Waals surface area contributed by atoms with E-state index in [9.17, 15) is 15.0 Å². The zero-order valence-electron chi connectivity index (χ0n) is 18.2. The molecule has 28 heavy (non-hydrogen) atoms. The summed E-state index contributed by atoms with van der Waals surface area (Å²) >= 11 is 0. The first-order valence-corrected chi connectivity index (χ1v) is 11.7. The van der Waals surface area contributed by atoms with Gasteiger partial charge in [0.25, 0.3) is 0 Å². The number of hydrogen-bond donors (Lipinski definition) is 3. The van der Waals surface area contributed by atoms with Crippen molar-refractivity contribution in [3.63, 3.8) is 0 Å². The van der Waals surface area contributed by atoms with Crippen molar-refractivity contribution in [1.82, 2.24) is 0 Å². The Hall–Kier alpha value is -0.650. The number of aliphatic hydroxyl groups excluding tert-OH is 2. The van der Waals surface area contributed by atoms with Gasteiger partial charge < -0.3 is 20.1 Å². The molecule has 0 spiro atoms. The van der Waals surface area contributed by atoms with Gasteiger partial charge in [0.05, 0.1) is 12.7 Å². The van der Waals surface area contributed by atoms with Crippen molar-refractivity contribution < 1.29 is 24.9 Å². The second-order valence-electron chi connectivity index (χ2n) is 8.04. The Labute approximate surface area is 172 Å². The quantitative estimate of drug-likeness (QED) is 0.209. The van der Waals surface area contributed by atoms with Gasteiger partial charge in [0.1, 0.15) is 6.10 Å². The van der Waals surface area contributed by atoms with Gasteiger partial charge in [-0.3, -0.25) is 4.79 Å². The molecule has 0 aliphatic carbocycles. The van der Waals surface area contributed by atoms with Crippen LogP contribution >= 0.6 is 0 Å². The lowest BCUT2D eigenvalue weighted by atomic mass is 10.0. The predicted octanol–water partition coefficient (Wildman–Crippen LogP) is 5.46. The first kappa shape index (κ1) is 27.4. The van der Waals surface area contributed by atoms with Crippen LogP contribution in [0.3, 0.4) is 0 Å². The minimum atomic E-state index is -0.855. The van der Waals surface area contributed by atoms with Gasteiger partial charge in [-0.15, -0.1) is 0 Å². The number of aliphatic hydroxyl groups is 2. The fourth-order valence-corrected chi connectivity index (χ4v) is 3.48. The zero-order chi connectivity index (χ0) is 20.9. The molecule has 0 aromatic carbocycles. The number of unbranched alkanes of at least 4 members (excludes halogenated alkanes) is 13. The second-order valence-corrected chi connectivity index (χ2v) is 8.04. The van der Waals surface area contributed by atoms with E-state index >= 15 is 0 Å². The van der Waals surface area contributed by atoms with Crippen LogP contribution < -0.4 is 0 Å². The maximum Gasteiger partial charge on any atom is 0.303 e. The van der Waals surface area contributed by atoms with E-state index < -0.39 is 18.2 Å². The normalized spacial score (nSPS) is 13.5. The van der Waals surface area contributed by atoms with Crippen LogP contribution in [0, 0.1) is 0 Å². The van der Waals surface area contributed by atoms with Gasteiger partial charge in [-0.1, -0.05) is 96.8 Å². The summed E-state index contributed by atoms with van der Waals surface area (Å²) in [5, 5.41) is 28.0. The molecule has 5 heteroatoms. The Morgan fingerprint density at radius 2 is 1.25 bits per heavy atom. The number of carboxylic acids is 1. The Kier molecular flexibility index (Phi) is 20.6. The van der Waals surface area contributed by atoms with E-state index in [1.807, 2.05) is 0 Å². The van der Waals surface area contributed by atoms with E-state index in [0.29, 0.717) is 12.8 Å². The van der Waals surface area contributed by atoms with Crippen LogP contribution in [0.4, 0.5) is 0 Å². The topological polar surface area (TPSA) is 87.0 Å². The Morgan fingerprint density at radius 1 is 0.786 bits per heavy atom. The molecular weight excluding hydrogens is 356 g/mol. The van der Waals surface area contributed by atoms with Crippen LogP contribution in [-0.4, -0.2) is 46.7 Å². The molecule has 5 nitrogen and oxygen atoms in total. The second kappa shape index (κ2) is 21.1. The van der Waals surface area contributed by atoms with Crippen LogP contribution in [0.5, 0.6) is 0 Å². The highest BCUT2D eigenvalue weighted by Gasteiger charge is 2.18. The van der Waals surface area contributed by atoms with Crippen molar-refractivity contribution in [3.05, 3.63) is 0 Å². The molecule has 2 atom stereocenters. The minimum absolute atomic E-state index is 0.0488. The molecule has 0 heterocycles. The fourth-order valence-electron chi connectivity index (χ4n) is 3.48. The molecule has 0 aliphatic heterocycles. The van der Waals surface area contributed by atoms with E-state index in [1.165, 1.54) is 77.0 Å². The summed E-state index contributed by atoms with van der Waals surface area (Å²) in [7, 11) is 0. The van der Waals surface area contributed by atoms with Crippen molar-refractivity contribution >= 4 is 5.97 Å². The number of carbonyl (C=O) groups is 1. The van der Waals surface area contributed by atoms with Crippen molar-refractivity contribution in [2.24, 2.45) is 0 Å². The van der Waals surface area contributed by atoms with Crippen molar-refractivity contribution in [2.45, 2.75) is 128 Å². The summed E-state index contributed by atoms with van der Waals surface area (Å²) < 4.78 is 5.41. The first-order chi connectivity index (χ1) is 13.6.